The molecule has 2 aromatic rings. The van der Waals surface area contributed by atoms with Crippen LogP contribution in [0.2, 0.25) is 5.02 Å². The zero-order chi connectivity index (χ0) is 21.8. The van der Waals surface area contributed by atoms with Gasteiger partial charge in [-0.2, -0.15) is 0 Å². The van der Waals surface area contributed by atoms with Gasteiger partial charge in [-0.05, 0) is 49.3 Å². The zero-order valence-electron chi connectivity index (χ0n) is 15.4. The summed E-state index contributed by atoms with van der Waals surface area (Å²) in [6.45, 7) is 0. The Hall–Kier alpha value is -2.10. The fourth-order valence-electron chi connectivity index (χ4n) is 4.23. The van der Waals surface area contributed by atoms with Gasteiger partial charge in [0.25, 0.3) is 5.91 Å². The van der Waals surface area contributed by atoms with Crippen molar-refractivity contribution in [3.8, 4) is 0 Å². The summed E-state index contributed by atoms with van der Waals surface area (Å²) >= 11 is 6.10. The molecule has 1 unspecified atom stereocenters. The number of benzene rings is 2. The van der Waals surface area contributed by atoms with E-state index >= 15 is 0 Å². The molecule has 0 aliphatic heterocycles. The zero-order valence-corrected chi connectivity index (χ0v) is 17.0. The minimum Gasteiger partial charge on any atom is -0.393 e. The van der Waals surface area contributed by atoms with Gasteiger partial charge in [-0.15, -0.1) is 0 Å². The first-order valence-electron chi connectivity index (χ1n) is 9.25. The molecule has 0 spiro atoms. The van der Waals surface area contributed by atoms with E-state index in [-0.39, 0.29) is 33.0 Å². The van der Waals surface area contributed by atoms with Gasteiger partial charge >= 0.3 is 0 Å². The summed E-state index contributed by atoms with van der Waals surface area (Å²) in [4.78, 5) is 12.3. The smallest absolute Gasteiger partial charge is 0.255 e. The SMILES string of the molecule is O=C(Nc1cc(F)c(F)c(F)c1)c1ccc(Cl)c(S(=O)(=O)[C@@H]2CC3C[C@@H](C2)[C@@H]3O)c1. The molecule has 2 N–H and O–H groups in total. The second-order valence-electron chi connectivity index (χ2n) is 7.74. The van der Waals surface area contributed by atoms with Crippen molar-refractivity contribution in [1.29, 1.82) is 0 Å². The summed E-state index contributed by atoms with van der Waals surface area (Å²) < 4.78 is 66.0. The average molecular weight is 460 g/mol. The van der Waals surface area contributed by atoms with Crippen molar-refractivity contribution in [2.24, 2.45) is 11.8 Å². The Morgan fingerprint density at radius 2 is 1.63 bits per heavy atom. The molecule has 3 fully saturated rings. The lowest BCUT2D eigenvalue weighted by Crippen LogP contribution is -2.51. The van der Waals surface area contributed by atoms with Crippen molar-refractivity contribution in [2.45, 2.75) is 35.5 Å². The van der Waals surface area contributed by atoms with Gasteiger partial charge in [0.2, 0.25) is 0 Å². The van der Waals surface area contributed by atoms with Crippen LogP contribution >= 0.6 is 11.6 Å². The molecule has 160 valence electrons. The molecule has 3 saturated carbocycles. The van der Waals surface area contributed by atoms with E-state index < -0.39 is 44.5 Å². The maximum absolute atomic E-state index is 13.4. The number of rotatable bonds is 4. The van der Waals surface area contributed by atoms with E-state index in [1.54, 1.807) is 0 Å². The van der Waals surface area contributed by atoms with Gasteiger partial charge in [0.05, 0.1) is 21.3 Å². The Bertz CT molecular complexity index is 1110. The molecule has 3 aliphatic rings. The molecule has 0 aromatic heterocycles. The Morgan fingerprint density at radius 1 is 1.03 bits per heavy atom. The highest BCUT2D eigenvalue weighted by Crippen LogP contribution is 2.49. The minimum absolute atomic E-state index is 0.0507. The monoisotopic (exact) mass is 459 g/mol. The number of halogens is 4. The second-order valence-corrected chi connectivity index (χ2v) is 10.3. The lowest BCUT2D eigenvalue weighted by Gasteiger charge is -2.49. The molecule has 0 saturated heterocycles. The van der Waals surface area contributed by atoms with E-state index in [0.29, 0.717) is 25.0 Å². The summed E-state index contributed by atoms with van der Waals surface area (Å²) in [5, 5.41) is 11.3. The highest BCUT2D eigenvalue weighted by atomic mass is 35.5. The number of hydrogen-bond acceptors (Lipinski definition) is 4. The Morgan fingerprint density at radius 3 is 2.20 bits per heavy atom. The van der Waals surface area contributed by atoms with Crippen molar-refractivity contribution in [3.05, 3.63) is 58.4 Å². The van der Waals surface area contributed by atoms with Crippen molar-refractivity contribution in [1.82, 2.24) is 0 Å². The van der Waals surface area contributed by atoms with Crippen LogP contribution in [-0.2, 0) is 9.84 Å². The van der Waals surface area contributed by atoms with Crippen molar-refractivity contribution in [3.63, 3.8) is 0 Å². The van der Waals surface area contributed by atoms with Crippen LogP contribution in [0.25, 0.3) is 0 Å². The van der Waals surface area contributed by atoms with E-state index in [4.69, 9.17) is 11.6 Å². The van der Waals surface area contributed by atoms with E-state index in [1.807, 2.05) is 0 Å². The first kappa shape index (κ1) is 21.1. The molecular weight excluding hydrogens is 443 g/mol. The largest absolute Gasteiger partial charge is 0.393 e. The van der Waals surface area contributed by atoms with Gasteiger partial charge < -0.3 is 10.4 Å². The fourth-order valence-corrected chi connectivity index (χ4v) is 6.66. The summed E-state index contributed by atoms with van der Waals surface area (Å²) in [5.74, 6) is -5.56. The Labute approximate surface area is 175 Å². The lowest BCUT2D eigenvalue weighted by molar-refractivity contribution is -0.0733. The number of aliphatic hydroxyl groups excluding tert-OH is 1. The number of aliphatic hydroxyl groups is 1. The van der Waals surface area contributed by atoms with Crippen LogP contribution in [0.15, 0.2) is 35.2 Å². The van der Waals surface area contributed by atoms with Gasteiger partial charge in [0.15, 0.2) is 27.3 Å². The maximum atomic E-state index is 13.4. The number of anilines is 1. The summed E-state index contributed by atoms with van der Waals surface area (Å²) in [5.41, 5.74) is -0.416. The lowest BCUT2D eigenvalue weighted by atomic mass is 9.63. The molecule has 0 heterocycles. The third-order valence-corrected chi connectivity index (χ3v) is 8.54. The van der Waals surface area contributed by atoms with Crippen LogP contribution in [0.4, 0.5) is 18.9 Å². The van der Waals surface area contributed by atoms with Crippen LogP contribution in [0.1, 0.15) is 29.6 Å². The summed E-state index contributed by atoms with van der Waals surface area (Å²) in [6, 6.07) is 4.87. The van der Waals surface area contributed by atoms with Gasteiger partial charge in [-0.3, -0.25) is 4.79 Å². The summed E-state index contributed by atoms with van der Waals surface area (Å²) in [7, 11) is -3.86. The molecule has 2 aromatic carbocycles. The molecule has 3 aliphatic carbocycles. The molecule has 0 radical (unpaired) electrons. The van der Waals surface area contributed by atoms with Gasteiger partial charge in [0.1, 0.15) is 0 Å². The molecular formula is C20H17ClF3NO4S. The Kier molecular flexibility index (Phi) is 5.32. The standard InChI is InChI=1S/C20H17ClF3NO4S/c21-14-2-1-9(20(27)25-12-7-15(22)18(24)16(23)8-12)6-17(14)30(28,29)13-4-10-3-11(5-13)19(10)26/h1-2,6-8,10-11,13,19,26H,3-5H2,(H,25,27)/t10-,11?,13-,19-/m0/s1. The van der Waals surface area contributed by atoms with E-state index in [0.717, 1.165) is 12.5 Å². The quantitative estimate of drug-likeness (QED) is 0.678. The van der Waals surface area contributed by atoms with Crippen LogP contribution in [0.5, 0.6) is 0 Å². The van der Waals surface area contributed by atoms with Crippen LogP contribution in [0, 0.1) is 29.3 Å². The minimum atomic E-state index is -3.86. The van der Waals surface area contributed by atoms with E-state index in [9.17, 15) is 31.5 Å². The van der Waals surface area contributed by atoms with Crippen molar-refractivity contribution in [2.75, 3.05) is 5.32 Å². The van der Waals surface area contributed by atoms with Crippen LogP contribution in [0.3, 0.4) is 0 Å². The third-order valence-electron chi connectivity index (χ3n) is 5.88. The van der Waals surface area contributed by atoms with Crippen LogP contribution in [-0.4, -0.2) is 30.8 Å². The molecule has 4 atom stereocenters. The predicted molar refractivity (Wildman–Crippen MR) is 104 cm³/mol. The number of fused-ring (bicyclic) bond motifs is 2. The third kappa shape index (κ3) is 3.59. The number of amides is 1. The molecule has 10 heteroatoms. The number of nitrogens with one attached hydrogen (secondary N) is 1. The van der Waals surface area contributed by atoms with E-state index in [1.165, 1.54) is 12.1 Å². The highest BCUT2D eigenvalue weighted by Gasteiger charge is 2.50. The molecule has 1 amide bonds. The Balaban J connectivity index is 1.59. The number of carbonyl (C=O) groups is 1. The van der Waals surface area contributed by atoms with Crippen molar-refractivity contribution >= 4 is 33.0 Å². The first-order valence-corrected chi connectivity index (χ1v) is 11.2. The normalized spacial score (nSPS) is 25.5. The molecule has 30 heavy (non-hydrogen) atoms. The first-order chi connectivity index (χ1) is 14.1. The van der Waals surface area contributed by atoms with Crippen molar-refractivity contribution < 1.29 is 31.5 Å². The maximum Gasteiger partial charge on any atom is 0.255 e. The number of carbonyl (C=O) groups excluding carboxylic acids is 1. The number of hydrogen-bond donors (Lipinski definition) is 2. The second kappa shape index (κ2) is 7.55. The fraction of sp³-hybridized carbons (Fsp3) is 0.350. The highest BCUT2D eigenvalue weighted by molar-refractivity contribution is 7.92. The van der Waals surface area contributed by atoms with Gasteiger partial charge in [-0.1, -0.05) is 11.6 Å². The summed E-state index contributed by atoms with van der Waals surface area (Å²) in [6.07, 6.45) is 0.969. The molecule has 2 bridgehead atoms. The topological polar surface area (TPSA) is 83.5 Å². The predicted octanol–water partition coefficient (Wildman–Crippen LogP) is 3.94. The van der Waals surface area contributed by atoms with Crippen LogP contribution < -0.4 is 5.32 Å². The van der Waals surface area contributed by atoms with Gasteiger partial charge in [0, 0.05) is 23.4 Å². The van der Waals surface area contributed by atoms with Gasteiger partial charge in [-0.25, -0.2) is 21.6 Å². The average Bonchev–Trinajstić information content (AvgIpc) is 2.71. The van der Waals surface area contributed by atoms with E-state index in [2.05, 4.69) is 5.32 Å². The molecule has 5 nitrogen and oxygen atoms in total. The number of sulfone groups is 1. The molecule has 5 rings (SSSR count).